The lowest BCUT2D eigenvalue weighted by molar-refractivity contribution is -0.144. The second-order valence-electron chi connectivity index (χ2n) is 3.31. The molecule has 0 aromatic carbocycles. The van der Waals surface area contributed by atoms with Crippen molar-refractivity contribution in [3.05, 3.63) is 0 Å². The van der Waals surface area contributed by atoms with Crippen LogP contribution in [0.15, 0.2) is 0 Å². The molecule has 1 atom stereocenters. The molecule has 1 saturated heterocycles. The lowest BCUT2D eigenvalue weighted by atomic mass is 10.1. The van der Waals surface area contributed by atoms with Gasteiger partial charge in [0.1, 0.15) is 0 Å². The molecule has 0 saturated carbocycles. The first-order chi connectivity index (χ1) is 5.77. The molecule has 0 amide bonds. The molecule has 0 N–H and O–H groups in total. The quantitative estimate of drug-likeness (QED) is 0.591. The molecular formula is C9H17NO2. The topological polar surface area (TPSA) is 29.5 Å². The zero-order chi connectivity index (χ0) is 8.97. The first-order valence-electron chi connectivity index (χ1n) is 4.58. The highest BCUT2D eigenvalue weighted by molar-refractivity contribution is 5.72. The van der Waals surface area contributed by atoms with Gasteiger partial charge in [-0.3, -0.25) is 4.79 Å². The minimum Gasteiger partial charge on any atom is -0.469 e. The number of carbonyl (C=O) groups excluding carboxylic acids is 1. The number of rotatable bonds is 3. The second kappa shape index (κ2) is 4.45. The van der Waals surface area contributed by atoms with E-state index in [4.69, 9.17) is 4.74 Å². The van der Waals surface area contributed by atoms with E-state index in [1.54, 1.807) is 0 Å². The van der Waals surface area contributed by atoms with E-state index in [2.05, 4.69) is 11.8 Å². The Hall–Kier alpha value is -0.570. The molecule has 3 nitrogen and oxygen atoms in total. The summed E-state index contributed by atoms with van der Waals surface area (Å²) in [6.45, 7) is 5.20. The summed E-state index contributed by atoms with van der Waals surface area (Å²) < 4.78 is 4.69. The Morgan fingerprint density at radius 1 is 1.67 bits per heavy atom. The Morgan fingerprint density at radius 3 is 3.00 bits per heavy atom. The van der Waals surface area contributed by atoms with Crippen LogP contribution in [0.3, 0.4) is 0 Å². The number of esters is 1. The van der Waals surface area contributed by atoms with Crippen LogP contribution in [0.25, 0.3) is 0 Å². The fourth-order valence-electron chi connectivity index (χ4n) is 1.71. The van der Waals surface area contributed by atoms with Gasteiger partial charge in [0, 0.05) is 6.54 Å². The normalized spacial score (nSPS) is 24.3. The zero-order valence-electron chi connectivity index (χ0n) is 7.88. The molecule has 1 aliphatic rings. The summed E-state index contributed by atoms with van der Waals surface area (Å²) in [6.07, 6.45) is 2.13. The highest BCUT2D eigenvalue weighted by Gasteiger charge is 2.27. The molecule has 0 spiro atoms. The molecule has 12 heavy (non-hydrogen) atoms. The minimum absolute atomic E-state index is 0.0476. The van der Waals surface area contributed by atoms with E-state index in [0.29, 0.717) is 0 Å². The van der Waals surface area contributed by atoms with Crippen LogP contribution < -0.4 is 0 Å². The molecule has 70 valence electrons. The summed E-state index contributed by atoms with van der Waals surface area (Å²) in [5.41, 5.74) is 0. The van der Waals surface area contributed by atoms with Crippen molar-refractivity contribution < 1.29 is 9.53 Å². The average Bonchev–Trinajstić information content (AvgIpc) is 2.52. The Labute approximate surface area is 73.7 Å². The summed E-state index contributed by atoms with van der Waals surface area (Å²) in [5, 5.41) is 0. The van der Waals surface area contributed by atoms with Crippen LogP contribution >= 0.6 is 0 Å². The third-order valence-corrected chi connectivity index (χ3v) is 2.35. The SMILES string of the molecule is CCCN1CC[C@H](C(=O)OC)C1. The van der Waals surface area contributed by atoms with E-state index >= 15 is 0 Å². The van der Waals surface area contributed by atoms with Crippen molar-refractivity contribution in [2.24, 2.45) is 5.92 Å². The van der Waals surface area contributed by atoms with Crippen LogP contribution in [0.5, 0.6) is 0 Å². The minimum atomic E-state index is -0.0476. The molecule has 1 fully saturated rings. The molecule has 0 aromatic rings. The van der Waals surface area contributed by atoms with E-state index in [0.717, 1.165) is 32.5 Å². The maximum atomic E-state index is 11.1. The highest BCUT2D eigenvalue weighted by Crippen LogP contribution is 2.17. The maximum Gasteiger partial charge on any atom is 0.310 e. The predicted molar refractivity (Wildman–Crippen MR) is 46.9 cm³/mol. The summed E-state index contributed by atoms with van der Waals surface area (Å²) >= 11 is 0. The zero-order valence-corrected chi connectivity index (χ0v) is 7.88. The molecule has 0 bridgehead atoms. The summed E-state index contributed by atoms with van der Waals surface area (Å²) in [7, 11) is 1.46. The molecule has 1 rings (SSSR count). The van der Waals surface area contributed by atoms with Gasteiger partial charge in [-0.05, 0) is 25.9 Å². The van der Waals surface area contributed by atoms with Crippen molar-refractivity contribution >= 4 is 5.97 Å². The van der Waals surface area contributed by atoms with E-state index in [9.17, 15) is 4.79 Å². The van der Waals surface area contributed by atoms with Crippen molar-refractivity contribution in [3.63, 3.8) is 0 Å². The van der Waals surface area contributed by atoms with Crippen molar-refractivity contribution in [3.8, 4) is 0 Å². The molecule has 3 heteroatoms. The Balaban J connectivity index is 2.30. The Morgan fingerprint density at radius 2 is 2.42 bits per heavy atom. The van der Waals surface area contributed by atoms with E-state index < -0.39 is 0 Å². The van der Waals surface area contributed by atoms with Gasteiger partial charge < -0.3 is 9.64 Å². The van der Waals surface area contributed by atoms with Gasteiger partial charge in [-0.15, -0.1) is 0 Å². The molecule has 0 aliphatic carbocycles. The third kappa shape index (κ3) is 2.21. The number of ether oxygens (including phenoxy) is 1. The van der Waals surface area contributed by atoms with E-state index in [1.807, 2.05) is 0 Å². The number of hydrogen-bond donors (Lipinski definition) is 0. The number of nitrogens with zero attached hydrogens (tertiary/aromatic N) is 1. The summed E-state index contributed by atoms with van der Waals surface area (Å²) in [6, 6.07) is 0. The van der Waals surface area contributed by atoms with E-state index in [-0.39, 0.29) is 11.9 Å². The van der Waals surface area contributed by atoms with Gasteiger partial charge >= 0.3 is 5.97 Å². The van der Waals surface area contributed by atoms with Gasteiger partial charge in [-0.2, -0.15) is 0 Å². The van der Waals surface area contributed by atoms with Crippen molar-refractivity contribution in [2.75, 3.05) is 26.7 Å². The summed E-state index contributed by atoms with van der Waals surface area (Å²) in [4.78, 5) is 13.4. The Bertz CT molecular complexity index is 159. The lowest BCUT2D eigenvalue weighted by Gasteiger charge is -2.13. The van der Waals surface area contributed by atoms with Gasteiger partial charge in [-0.25, -0.2) is 0 Å². The third-order valence-electron chi connectivity index (χ3n) is 2.35. The number of carbonyl (C=O) groups is 1. The van der Waals surface area contributed by atoms with Gasteiger partial charge in [0.25, 0.3) is 0 Å². The fourth-order valence-corrected chi connectivity index (χ4v) is 1.71. The van der Waals surface area contributed by atoms with Crippen molar-refractivity contribution in [1.82, 2.24) is 4.90 Å². The maximum absolute atomic E-state index is 11.1. The smallest absolute Gasteiger partial charge is 0.310 e. The van der Waals surface area contributed by atoms with Crippen LogP contribution in [0.4, 0.5) is 0 Å². The Kier molecular flexibility index (Phi) is 3.53. The molecule has 0 unspecified atom stereocenters. The molecule has 0 aromatic heterocycles. The lowest BCUT2D eigenvalue weighted by Crippen LogP contribution is -2.24. The van der Waals surface area contributed by atoms with Crippen LogP contribution in [-0.2, 0) is 9.53 Å². The number of methoxy groups -OCH3 is 1. The predicted octanol–water partition coefficient (Wildman–Crippen LogP) is 0.891. The van der Waals surface area contributed by atoms with Gasteiger partial charge in [0.2, 0.25) is 0 Å². The first-order valence-corrected chi connectivity index (χ1v) is 4.58. The molecule has 1 aliphatic heterocycles. The molecular weight excluding hydrogens is 154 g/mol. The van der Waals surface area contributed by atoms with Crippen molar-refractivity contribution in [2.45, 2.75) is 19.8 Å². The van der Waals surface area contributed by atoms with Crippen LogP contribution in [0.1, 0.15) is 19.8 Å². The van der Waals surface area contributed by atoms with Crippen molar-refractivity contribution in [1.29, 1.82) is 0 Å². The summed E-state index contributed by atoms with van der Waals surface area (Å²) in [5.74, 6) is 0.0788. The van der Waals surface area contributed by atoms with Gasteiger partial charge in [-0.1, -0.05) is 6.92 Å². The second-order valence-corrected chi connectivity index (χ2v) is 3.31. The first kappa shape index (κ1) is 9.52. The molecule has 1 heterocycles. The van der Waals surface area contributed by atoms with Gasteiger partial charge in [0.05, 0.1) is 13.0 Å². The van der Waals surface area contributed by atoms with Crippen LogP contribution in [0.2, 0.25) is 0 Å². The van der Waals surface area contributed by atoms with Crippen LogP contribution in [-0.4, -0.2) is 37.6 Å². The number of likely N-dealkylation sites (tertiary alicyclic amines) is 1. The fraction of sp³-hybridized carbons (Fsp3) is 0.889. The molecule has 0 radical (unpaired) electrons. The van der Waals surface area contributed by atoms with Crippen LogP contribution in [0, 0.1) is 5.92 Å². The highest BCUT2D eigenvalue weighted by atomic mass is 16.5. The largest absolute Gasteiger partial charge is 0.469 e. The average molecular weight is 171 g/mol. The van der Waals surface area contributed by atoms with Gasteiger partial charge in [0.15, 0.2) is 0 Å². The van der Waals surface area contributed by atoms with E-state index in [1.165, 1.54) is 7.11 Å². The standard InChI is InChI=1S/C9H17NO2/c1-3-5-10-6-4-8(7-10)9(11)12-2/h8H,3-7H2,1-2H3/t8-/m0/s1. The monoisotopic (exact) mass is 171 g/mol. The number of hydrogen-bond acceptors (Lipinski definition) is 3.